The average Bonchev–Trinajstić information content (AvgIpc) is 2.14. The Bertz CT molecular complexity index is 197. The van der Waals surface area contributed by atoms with Crippen molar-refractivity contribution in [2.75, 3.05) is 13.7 Å². The van der Waals surface area contributed by atoms with Crippen LogP contribution in [0.2, 0.25) is 0 Å². The van der Waals surface area contributed by atoms with Crippen LogP contribution >= 0.6 is 12.2 Å². The molecular formula is C9H18N2O2S. The van der Waals surface area contributed by atoms with E-state index in [2.05, 4.69) is 5.32 Å². The summed E-state index contributed by atoms with van der Waals surface area (Å²) < 4.78 is 4.79. The van der Waals surface area contributed by atoms with Gasteiger partial charge in [0, 0.05) is 13.5 Å². The molecule has 0 fully saturated rings. The summed E-state index contributed by atoms with van der Waals surface area (Å²) in [6, 6.07) is -0.181. The SMILES string of the molecule is CCCC(NC(=O)CCOC)C(N)=S. The summed E-state index contributed by atoms with van der Waals surface area (Å²) >= 11 is 4.85. The van der Waals surface area contributed by atoms with E-state index in [1.54, 1.807) is 7.11 Å². The van der Waals surface area contributed by atoms with Crippen molar-refractivity contribution in [2.45, 2.75) is 32.2 Å². The third-order valence-corrected chi connectivity index (χ3v) is 2.07. The zero-order chi connectivity index (χ0) is 11.0. The molecule has 1 atom stereocenters. The van der Waals surface area contributed by atoms with Gasteiger partial charge in [0.2, 0.25) is 5.91 Å². The van der Waals surface area contributed by atoms with E-state index in [1.807, 2.05) is 6.92 Å². The van der Waals surface area contributed by atoms with Gasteiger partial charge >= 0.3 is 0 Å². The maximum absolute atomic E-state index is 11.3. The number of carbonyl (C=O) groups excluding carboxylic acids is 1. The number of thiocarbonyl (C=S) groups is 1. The van der Waals surface area contributed by atoms with Crippen LogP contribution in [0, 0.1) is 0 Å². The van der Waals surface area contributed by atoms with Gasteiger partial charge in [0.1, 0.15) is 0 Å². The first-order chi connectivity index (χ1) is 6.61. The lowest BCUT2D eigenvalue weighted by Crippen LogP contribution is -2.43. The molecule has 0 aliphatic rings. The molecule has 0 saturated heterocycles. The van der Waals surface area contributed by atoms with Crippen LogP contribution in [-0.2, 0) is 9.53 Å². The number of rotatable bonds is 7. The fourth-order valence-electron chi connectivity index (χ4n) is 1.04. The second-order valence-corrected chi connectivity index (χ2v) is 3.53. The van der Waals surface area contributed by atoms with Crippen molar-refractivity contribution in [3.8, 4) is 0 Å². The number of nitrogens with one attached hydrogen (secondary N) is 1. The summed E-state index contributed by atoms with van der Waals surface area (Å²) in [5.41, 5.74) is 5.49. The van der Waals surface area contributed by atoms with Crippen molar-refractivity contribution >= 4 is 23.1 Å². The summed E-state index contributed by atoms with van der Waals surface area (Å²) in [4.78, 5) is 11.6. The molecule has 82 valence electrons. The van der Waals surface area contributed by atoms with Gasteiger partial charge in [-0.3, -0.25) is 4.79 Å². The topological polar surface area (TPSA) is 64.3 Å². The summed E-state index contributed by atoms with van der Waals surface area (Å²) in [6.45, 7) is 2.44. The molecule has 1 unspecified atom stereocenters. The summed E-state index contributed by atoms with van der Waals surface area (Å²) in [7, 11) is 1.56. The molecule has 0 rings (SSSR count). The molecule has 14 heavy (non-hydrogen) atoms. The Hall–Kier alpha value is -0.680. The second-order valence-electron chi connectivity index (χ2n) is 3.05. The van der Waals surface area contributed by atoms with Gasteiger partial charge < -0.3 is 15.8 Å². The predicted octanol–water partition coefficient (Wildman–Crippen LogP) is 0.594. The number of hydrogen-bond acceptors (Lipinski definition) is 3. The summed E-state index contributed by atoms with van der Waals surface area (Å²) in [5, 5.41) is 2.77. The third kappa shape index (κ3) is 5.88. The van der Waals surface area contributed by atoms with Crippen LogP contribution in [0.3, 0.4) is 0 Å². The summed E-state index contributed by atoms with van der Waals surface area (Å²) in [6.07, 6.45) is 2.07. The van der Waals surface area contributed by atoms with Gasteiger partial charge in [-0.25, -0.2) is 0 Å². The van der Waals surface area contributed by atoms with Gasteiger partial charge in [0.15, 0.2) is 0 Å². The van der Waals surface area contributed by atoms with Crippen molar-refractivity contribution in [2.24, 2.45) is 5.73 Å². The molecule has 0 saturated carbocycles. The number of carbonyl (C=O) groups is 1. The van der Waals surface area contributed by atoms with Crippen LogP contribution in [0.25, 0.3) is 0 Å². The monoisotopic (exact) mass is 218 g/mol. The number of hydrogen-bond donors (Lipinski definition) is 2. The van der Waals surface area contributed by atoms with Crippen molar-refractivity contribution in [3.63, 3.8) is 0 Å². The highest BCUT2D eigenvalue weighted by molar-refractivity contribution is 7.80. The number of amides is 1. The van der Waals surface area contributed by atoms with E-state index in [-0.39, 0.29) is 11.9 Å². The van der Waals surface area contributed by atoms with E-state index >= 15 is 0 Å². The lowest BCUT2D eigenvalue weighted by Gasteiger charge is -2.16. The van der Waals surface area contributed by atoms with E-state index in [9.17, 15) is 4.79 Å². The number of ether oxygens (including phenoxy) is 1. The van der Waals surface area contributed by atoms with Crippen LogP contribution in [0.4, 0.5) is 0 Å². The average molecular weight is 218 g/mol. The van der Waals surface area contributed by atoms with Gasteiger partial charge in [-0.05, 0) is 6.42 Å². The van der Waals surface area contributed by atoms with Crippen molar-refractivity contribution in [1.82, 2.24) is 5.32 Å². The van der Waals surface area contributed by atoms with Gasteiger partial charge in [-0.1, -0.05) is 25.6 Å². The highest BCUT2D eigenvalue weighted by Gasteiger charge is 2.13. The molecule has 1 amide bonds. The Kier molecular flexibility index (Phi) is 7.32. The number of nitrogens with two attached hydrogens (primary N) is 1. The van der Waals surface area contributed by atoms with Gasteiger partial charge in [-0.2, -0.15) is 0 Å². The van der Waals surface area contributed by atoms with E-state index in [0.717, 1.165) is 12.8 Å². The van der Waals surface area contributed by atoms with Gasteiger partial charge in [0.25, 0.3) is 0 Å². The van der Waals surface area contributed by atoms with Crippen LogP contribution < -0.4 is 11.1 Å². The Morgan fingerprint density at radius 2 is 2.29 bits per heavy atom. The normalized spacial score (nSPS) is 12.1. The van der Waals surface area contributed by atoms with Gasteiger partial charge in [0.05, 0.1) is 17.6 Å². The molecule has 5 heteroatoms. The van der Waals surface area contributed by atoms with Crippen molar-refractivity contribution in [3.05, 3.63) is 0 Å². The van der Waals surface area contributed by atoms with Gasteiger partial charge in [-0.15, -0.1) is 0 Å². The highest BCUT2D eigenvalue weighted by atomic mass is 32.1. The first-order valence-corrected chi connectivity index (χ1v) is 5.10. The third-order valence-electron chi connectivity index (χ3n) is 1.79. The second kappa shape index (κ2) is 7.70. The fraction of sp³-hybridized carbons (Fsp3) is 0.778. The fourth-order valence-corrected chi connectivity index (χ4v) is 1.21. The molecule has 0 aromatic rings. The molecule has 0 aliphatic heterocycles. The highest BCUT2D eigenvalue weighted by Crippen LogP contribution is 1.97. The smallest absolute Gasteiger partial charge is 0.222 e. The molecule has 0 aromatic carbocycles. The quantitative estimate of drug-likeness (QED) is 0.614. The molecule has 0 aliphatic carbocycles. The molecule has 0 bridgehead atoms. The van der Waals surface area contributed by atoms with E-state index in [0.29, 0.717) is 18.0 Å². The molecular weight excluding hydrogens is 200 g/mol. The minimum atomic E-state index is -0.181. The zero-order valence-corrected chi connectivity index (χ0v) is 9.52. The predicted molar refractivity (Wildman–Crippen MR) is 60.1 cm³/mol. The molecule has 0 aromatic heterocycles. The van der Waals surface area contributed by atoms with E-state index < -0.39 is 0 Å². The first kappa shape index (κ1) is 13.3. The Balaban J connectivity index is 3.90. The van der Waals surface area contributed by atoms with Crippen molar-refractivity contribution < 1.29 is 9.53 Å². The molecule has 0 spiro atoms. The van der Waals surface area contributed by atoms with E-state index in [4.69, 9.17) is 22.7 Å². The first-order valence-electron chi connectivity index (χ1n) is 4.69. The number of methoxy groups -OCH3 is 1. The Labute approximate surface area is 90.2 Å². The van der Waals surface area contributed by atoms with Crippen LogP contribution in [0.5, 0.6) is 0 Å². The summed E-state index contributed by atoms with van der Waals surface area (Å²) in [5.74, 6) is -0.0712. The van der Waals surface area contributed by atoms with E-state index in [1.165, 1.54) is 0 Å². The standard InChI is InChI=1S/C9H18N2O2S/c1-3-4-7(9(10)14)11-8(12)5-6-13-2/h7H,3-6H2,1-2H3,(H2,10,14)(H,11,12). The van der Waals surface area contributed by atoms with Crippen LogP contribution in [0.1, 0.15) is 26.2 Å². The lowest BCUT2D eigenvalue weighted by molar-refractivity contribution is -0.122. The van der Waals surface area contributed by atoms with Crippen molar-refractivity contribution in [1.29, 1.82) is 0 Å². The molecule has 3 N–H and O–H groups in total. The minimum Gasteiger partial charge on any atom is -0.392 e. The largest absolute Gasteiger partial charge is 0.392 e. The maximum Gasteiger partial charge on any atom is 0.222 e. The molecule has 4 nitrogen and oxygen atoms in total. The van der Waals surface area contributed by atoms with Crippen LogP contribution in [0.15, 0.2) is 0 Å². The molecule has 0 heterocycles. The Morgan fingerprint density at radius 1 is 1.64 bits per heavy atom. The lowest BCUT2D eigenvalue weighted by atomic mass is 10.1. The van der Waals surface area contributed by atoms with Crippen LogP contribution in [-0.4, -0.2) is 30.7 Å². The zero-order valence-electron chi connectivity index (χ0n) is 8.71. The minimum absolute atomic E-state index is 0.0712. The molecule has 0 radical (unpaired) electrons. The Morgan fingerprint density at radius 3 is 2.71 bits per heavy atom. The maximum atomic E-state index is 11.3.